The topological polar surface area (TPSA) is 30.5 Å². The molecule has 0 spiro atoms. The van der Waals surface area contributed by atoms with Crippen molar-refractivity contribution >= 4 is 5.69 Å². The third-order valence-corrected chi connectivity index (χ3v) is 3.70. The molecule has 1 unspecified atom stereocenters. The first-order chi connectivity index (χ1) is 10.8. The predicted molar refractivity (Wildman–Crippen MR) is 84.6 cm³/mol. The molecule has 0 saturated carbocycles. The van der Waals surface area contributed by atoms with E-state index in [0.717, 1.165) is 36.4 Å². The third-order valence-electron chi connectivity index (χ3n) is 3.70. The number of nitrogens with one attached hydrogen (secondary N) is 1. The monoisotopic (exact) mass is 301 g/mol. The van der Waals surface area contributed by atoms with Gasteiger partial charge in [0.05, 0.1) is 6.10 Å². The minimum atomic E-state index is -0.215. The molecule has 0 radical (unpaired) electrons. The van der Waals surface area contributed by atoms with E-state index in [1.807, 2.05) is 24.3 Å². The number of hydrogen-bond donors (Lipinski definition) is 1. The molecule has 1 fully saturated rings. The first kappa shape index (κ1) is 14.9. The van der Waals surface area contributed by atoms with Gasteiger partial charge in [-0.15, -0.1) is 0 Å². The fourth-order valence-electron chi connectivity index (χ4n) is 2.47. The molecule has 1 atom stereocenters. The fraction of sp³-hybridized carbons (Fsp3) is 0.333. The molecule has 0 amide bonds. The third kappa shape index (κ3) is 4.21. The summed E-state index contributed by atoms with van der Waals surface area (Å²) in [5.41, 5.74) is 2.02. The Morgan fingerprint density at radius 1 is 1.18 bits per heavy atom. The number of halogens is 1. The molecule has 3 nitrogen and oxygen atoms in total. The average Bonchev–Trinajstić information content (AvgIpc) is 3.06. The molecule has 3 rings (SSSR count). The molecular formula is C18H20FNO2. The van der Waals surface area contributed by atoms with Crippen LogP contribution in [0.15, 0.2) is 48.5 Å². The van der Waals surface area contributed by atoms with E-state index in [9.17, 15) is 4.39 Å². The molecule has 1 heterocycles. The maximum atomic E-state index is 12.9. The lowest BCUT2D eigenvalue weighted by Crippen LogP contribution is -2.16. The van der Waals surface area contributed by atoms with Gasteiger partial charge in [-0.25, -0.2) is 4.39 Å². The fourth-order valence-corrected chi connectivity index (χ4v) is 2.47. The second-order valence-electron chi connectivity index (χ2n) is 5.45. The molecule has 4 heteroatoms. The summed E-state index contributed by atoms with van der Waals surface area (Å²) in [6.07, 6.45) is 2.41. The average molecular weight is 301 g/mol. The number of benzene rings is 2. The number of rotatable bonds is 6. The van der Waals surface area contributed by atoms with Gasteiger partial charge in [0.1, 0.15) is 18.2 Å². The molecule has 22 heavy (non-hydrogen) atoms. The van der Waals surface area contributed by atoms with Crippen molar-refractivity contribution in [2.75, 3.05) is 18.5 Å². The van der Waals surface area contributed by atoms with Gasteiger partial charge in [-0.3, -0.25) is 0 Å². The van der Waals surface area contributed by atoms with E-state index in [2.05, 4.69) is 5.32 Å². The lowest BCUT2D eigenvalue weighted by atomic mass is 10.2. The van der Waals surface area contributed by atoms with Gasteiger partial charge >= 0.3 is 0 Å². The van der Waals surface area contributed by atoms with Crippen molar-refractivity contribution in [1.29, 1.82) is 0 Å². The molecule has 1 aliphatic heterocycles. The van der Waals surface area contributed by atoms with Gasteiger partial charge in [-0.1, -0.05) is 18.2 Å². The van der Waals surface area contributed by atoms with Gasteiger partial charge in [0.25, 0.3) is 0 Å². The molecule has 1 saturated heterocycles. The van der Waals surface area contributed by atoms with Gasteiger partial charge in [0.2, 0.25) is 0 Å². The Morgan fingerprint density at radius 2 is 2.05 bits per heavy atom. The summed E-state index contributed by atoms with van der Waals surface area (Å²) >= 11 is 0. The highest BCUT2D eigenvalue weighted by molar-refractivity contribution is 5.48. The van der Waals surface area contributed by atoms with Gasteiger partial charge in [-0.2, -0.15) is 0 Å². The minimum Gasteiger partial charge on any atom is -0.491 e. The second kappa shape index (κ2) is 7.27. The molecule has 1 aliphatic rings. The summed E-state index contributed by atoms with van der Waals surface area (Å²) in [5.74, 6) is 0.618. The second-order valence-corrected chi connectivity index (χ2v) is 5.45. The number of anilines is 1. The van der Waals surface area contributed by atoms with Crippen molar-refractivity contribution in [3.63, 3.8) is 0 Å². The Bertz CT molecular complexity index is 594. The first-order valence-corrected chi connectivity index (χ1v) is 7.62. The van der Waals surface area contributed by atoms with Crippen LogP contribution in [0.2, 0.25) is 0 Å². The van der Waals surface area contributed by atoms with E-state index >= 15 is 0 Å². The van der Waals surface area contributed by atoms with Gasteiger partial charge in [0.15, 0.2) is 0 Å². The summed E-state index contributed by atoms with van der Waals surface area (Å²) < 4.78 is 24.2. The van der Waals surface area contributed by atoms with Crippen LogP contribution in [0.1, 0.15) is 18.4 Å². The SMILES string of the molecule is Fc1ccc(CNc2cccc(OCC3CCCO3)c2)cc1. The van der Waals surface area contributed by atoms with Crippen LogP contribution < -0.4 is 10.1 Å². The van der Waals surface area contributed by atoms with Crippen molar-refractivity contribution in [3.05, 3.63) is 59.9 Å². The van der Waals surface area contributed by atoms with Crippen molar-refractivity contribution in [2.24, 2.45) is 0 Å². The summed E-state index contributed by atoms with van der Waals surface area (Å²) in [6.45, 7) is 2.09. The van der Waals surface area contributed by atoms with E-state index in [1.54, 1.807) is 12.1 Å². The van der Waals surface area contributed by atoms with Crippen LogP contribution in [0.3, 0.4) is 0 Å². The summed E-state index contributed by atoms with van der Waals surface area (Å²) in [5, 5.41) is 3.32. The Hall–Kier alpha value is -2.07. The van der Waals surface area contributed by atoms with Crippen molar-refractivity contribution in [3.8, 4) is 5.75 Å². The van der Waals surface area contributed by atoms with Crippen molar-refractivity contribution < 1.29 is 13.9 Å². The first-order valence-electron chi connectivity index (χ1n) is 7.62. The highest BCUT2D eigenvalue weighted by atomic mass is 19.1. The van der Waals surface area contributed by atoms with Crippen LogP contribution in [0.25, 0.3) is 0 Å². The zero-order valence-electron chi connectivity index (χ0n) is 12.4. The van der Waals surface area contributed by atoms with Crippen LogP contribution in [0.5, 0.6) is 5.75 Å². The van der Waals surface area contributed by atoms with Crippen molar-refractivity contribution in [2.45, 2.75) is 25.5 Å². The van der Waals surface area contributed by atoms with E-state index in [-0.39, 0.29) is 11.9 Å². The van der Waals surface area contributed by atoms with Crippen LogP contribution in [-0.4, -0.2) is 19.3 Å². The molecule has 2 aromatic rings. The summed E-state index contributed by atoms with van der Waals surface area (Å²) in [4.78, 5) is 0. The summed E-state index contributed by atoms with van der Waals surface area (Å²) in [7, 11) is 0. The van der Waals surface area contributed by atoms with Crippen LogP contribution in [0, 0.1) is 5.82 Å². The summed E-state index contributed by atoms with van der Waals surface area (Å²) in [6, 6.07) is 14.4. The molecule has 1 N–H and O–H groups in total. The molecule has 116 valence electrons. The highest BCUT2D eigenvalue weighted by Crippen LogP contribution is 2.20. The maximum absolute atomic E-state index is 12.9. The quantitative estimate of drug-likeness (QED) is 0.875. The Labute approximate surface area is 130 Å². The molecule has 0 bridgehead atoms. The number of ether oxygens (including phenoxy) is 2. The predicted octanol–water partition coefficient (Wildman–Crippen LogP) is 4.00. The Kier molecular flexibility index (Phi) is 4.91. The Morgan fingerprint density at radius 3 is 2.82 bits per heavy atom. The largest absolute Gasteiger partial charge is 0.491 e. The maximum Gasteiger partial charge on any atom is 0.123 e. The van der Waals surface area contributed by atoms with Crippen LogP contribution >= 0.6 is 0 Å². The molecule has 0 aliphatic carbocycles. The van der Waals surface area contributed by atoms with E-state index < -0.39 is 0 Å². The standard InChI is InChI=1S/C18H20FNO2/c19-15-8-6-14(7-9-15)12-20-16-3-1-4-17(11-16)22-13-18-5-2-10-21-18/h1,3-4,6-9,11,18,20H,2,5,10,12-13H2. The molecular weight excluding hydrogens is 281 g/mol. The lowest BCUT2D eigenvalue weighted by Gasteiger charge is -2.13. The van der Waals surface area contributed by atoms with E-state index in [4.69, 9.17) is 9.47 Å². The van der Waals surface area contributed by atoms with Crippen LogP contribution in [0.4, 0.5) is 10.1 Å². The molecule has 0 aromatic heterocycles. The Balaban J connectivity index is 1.52. The van der Waals surface area contributed by atoms with E-state index in [0.29, 0.717) is 13.2 Å². The highest BCUT2D eigenvalue weighted by Gasteiger charge is 2.15. The smallest absolute Gasteiger partial charge is 0.123 e. The molecule has 2 aromatic carbocycles. The van der Waals surface area contributed by atoms with Crippen molar-refractivity contribution in [1.82, 2.24) is 0 Å². The number of hydrogen-bond acceptors (Lipinski definition) is 3. The van der Waals surface area contributed by atoms with Gasteiger partial charge < -0.3 is 14.8 Å². The zero-order chi connectivity index (χ0) is 15.2. The van der Waals surface area contributed by atoms with Crippen LogP contribution in [-0.2, 0) is 11.3 Å². The minimum absolute atomic E-state index is 0.215. The normalized spacial score (nSPS) is 17.4. The zero-order valence-corrected chi connectivity index (χ0v) is 12.4. The van der Waals surface area contributed by atoms with E-state index in [1.165, 1.54) is 12.1 Å². The van der Waals surface area contributed by atoms with Gasteiger partial charge in [-0.05, 0) is 42.7 Å². The van der Waals surface area contributed by atoms with Gasteiger partial charge in [0, 0.05) is 24.9 Å². The lowest BCUT2D eigenvalue weighted by molar-refractivity contribution is 0.0680.